The van der Waals surface area contributed by atoms with E-state index in [1.165, 1.54) is 13.8 Å². The standard InChI is InChI=1S/C52H79N3O12Si.2CO2/c1-16-41-44(30(4)31(5)49(63-41)66-47-35(9)59-34(8)32(6)45(47)61-37(11)56)65-50-33(7)46(62-38(12)57)48(36(10)60-50)67-51-43(54-55-53)29(3)28(2)42(64-51)27-58-68(52(13,14)15,39-23-19-17-20-24-39)40-25-21-18-22-26-40;2*2-1-3/h17-26,28-36,41-51H,16,27H2,1-15H3;;/t28-,29-,30+,31?,32?,33?,34+,35?,36?,41?,42?,43?,44-,45-,46-,47+,48+,49-,50+,51-;;/m0../s1. The van der Waals surface area contributed by atoms with Crippen LogP contribution >= 0.6 is 0 Å². The van der Waals surface area contributed by atoms with E-state index in [1.807, 2.05) is 60.6 Å². The Hall–Kier alpha value is -4.65. The zero-order valence-corrected chi connectivity index (χ0v) is 46.6. The zero-order chi connectivity index (χ0) is 55.2. The normalized spacial score (nSPS) is 36.1. The van der Waals surface area contributed by atoms with Crippen LogP contribution in [0.5, 0.6) is 0 Å². The molecule has 19 nitrogen and oxygen atoms in total. The number of rotatable bonds is 15. The molecule has 0 radical (unpaired) electrons. The first-order chi connectivity index (χ1) is 35.0. The number of hydrogen-bond donors (Lipinski definition) is 0. The topological polar surface area (TPSA) is 243 Å². The Morgan fingerprint density at radius 3 is 1.50 bits per heavy atom. The van der Waals surface area contributed by atoms with Gasteiger partial charge >= 0.3 is 24.2 Å². The second-order valence-corrected chi connectivity index (χ2v) is 25.5. The van der Waals surface area contributed by atoms with E-state index in [1.54, 1.807) is 0 Å². The molecule has 4 saturated heterocycles. The number of carbonyl (C=O) groups excluding carboxylic acids is 6. The van der Waals surface area contributed by atoms with Crippen LogP contribution in [0.3, 0.4) is 0 Å². The summed E-state index contributed by atoms with van der Waals surface area (Å²) in [5.41, 5.74) is 9.85. The molecule has 20 heteroatoms. The summed E-state index contributed by atoms with van der Waals surface area (Å²) >= 11 is 0. The Balaban J connectivity index is 0.00000188. The molecular weight excluding hydrogens is 975 g/mol. The molecular formula is C54H79N3O16Si. The molecule has 74 heavy (non-hydrogen) atoms. The Bertz CT molecular complexity index is 2150. The molecule has 0 aliphatic carbocycles. The summed E-state index contributed by atoms with van der Waals surface area (Å²) in [4.78, 5) is 60.8. The van der Waals surface area contributed by atoms with Crippen molar-refractivity contribution in [2.24, 2.45) is 40.6 Å². The van der Waals surface area contributed by atoms with Gasteiger partial charge in [0, 0.05) is 36.5 Å². The minimum atomic E-state index is -2.94. The predicted molar refractivity (Wildman–Crippen MR) is 269 cm³/mol. The van der Waals surface area contributed by atoms with Gasteiger partial charge in [0.2, 0.25) is 0 Å². The number of benzene rings is 2. The number of esters is 2. The zero-order valence-electron chi connectivity index (χ0n) is 45.6. The number of ether oxygens (including phenoxy) is 9. The van der Waals surface area contributed by atoms with Crippen LogP contribution in [0.1, 0.15) is 110 Å². The Labute approximate surface area is 437 Å². The van der Waals surface area contributed by atoms with Gasteiger partial charge in [0.1, 0.15) is 24.4 Å². The fourth-order valence-electron chi connectivity index (χ4n) is 11.0. The van der Waals surface area contributed by atoms with E-state index < -0.39 is 87.8 Å². The van der Waals surface area contributed by atoms with Gasteiger partial charge in [-0.3, -0.25) is 9.59 Å². The van der Waals surface area contributed by atoms with Crippen molar-refractivity contribution in [1.29, 1.82) is 0 Å². The summed E-state index contributed by atoms with van der Waals surface area (Å²) in [6, 6.07) is 20.2. The van der Waals surface area contributed by atoms with E-state index in [-0.39, 0.29) is 77.8 Å². The molecule has 2 aromatic carbocycles. The van der Waals surface area contributed by atoms with Crippen LogP contribution < -0.4 is 10.4 Å². The summed E-state index contributed by atoms with van der Waals surface area (Å²) in [6.07, 6.45) is -6.34. The third kappa shape index (κ3) is 14.4. The van der Waals surface area contributed by atoms with Gasteiger partial charge in [-0.15, -0.1) is 0 Å². The fraction of sp³-hybridized carbons (Fsp3) is 0.704. The number of hydrogen-bond acceptors (Lipinski definition) is 17. The van der Waals surface area contributed by atoms with E-state index >= 15 is 0 Å². The highest BCUT2D eigenvalue weighted by Crippen LogP contribution is 2.43. The average Bonchev–Trinajstić information content (AvgIpc) is 3.34. The van der Waals surface area contributed by atoms with Gasteiger partial charge in [-0.05, 0) is 65.9 Å². The Morgan fingerprint density at radius 2 is 1.03 bits per heavy atom. The van der Waals surface area contributed by atoms with Crippen molar-refractivity contribution in [3.05, 3.63) is 71.1 Å². The maximum Gasteiger partial charge on any atom is 0.373 e. The van der Waals surface area contributed by atoms with Crippen LogP contribution in [-0.2, 0) is 75.8 Å². The maximum atomic E-state index is 12.9. The molecule has 6 rings (SSSR count). The molecule has 0 aromatic heterocycles. The van der Waals surface area contributed by atoms with Gasteiger partial charge in [0.15, 0.2) is 18.9 Å². The van der Waals surface area contributed by atoms with Crippen molar-refractivity contribution in [1.82, 2.24) is 0 Å². The highest BCUT2D eigenvalue weighted by Gasteiger charge is 2.55. The van der Waals surface area contributed by atoms with Gasteiger partial charge in [-0.25, -0.2) is 0 Å². The Morgan fingerprint density at radius 1 is 0.581 bits per heavy atom. The molecule has 410 valence electrons. The second-order valence-electron chi connectivity index (χ2n) is 21.2. The SMILES string of the molecule is CCC1O[C@@H](O[C@@H]2C(C)O[C@H](C)C(C)[C@@H]2OC(C)=O)C(C)[C@@H](C)[C@@H]1O[C@H]1OC(C)[C@@H](O[C@@H]2OC(CO[Si](c3ccccc3)(c3ccccc3)C(C)(C)C)[C@@H](C)[C@H](C)C2N=[N+]=[N-])[C@@H](OC(C)=O)C1C.O=C=O.O=C=O. The third-order valence-electron chi connectivity index (χ3n) is 15.5. The number of carbonyl (C=O) groups is 2. The van der Waals surface area contributed by atoms with E-state index in [4.69, 9.17) is 66.2 Å². The summed E-state index contributed by atoms with van der Waals surface area (Å²) in [7, 11) is -2.94. The Kier molecular flexibility index (Phi) is 23.4. The minimum absolute atomic E-state index is 0.0685. The van der Waals surface area contributed by atoms with E-state index in [0.29, 0.717) is 6.42 Å². The van der Waals surface area contributed by atoms with Crippen LogP contribution in [0.15, 0.2) is 65.8 Å². The summed E-state index contributed by atoms with van der Waals surface area (Å²) < 4.78 is 66.4. The predicted octanol–water partition coefficient (Wildman–Crippen LogP) is 7.32. The molecule has 8 unspecified atom stereocenters. The lowest BCUT2D eigenvalue weighted by Crippen LogP contribution is -2.67. The first-order valence-corrected chi connectivity index (χ1v) is 27.6. The highest BCUT2D eigenvalue weighted by atomic mass is 28.4. The minimum Gasteiger partial charge on any atom is -0.459 e. The lowest BCUT2D eigenvalue weighted by atomic mass is 9.82. The van der Waals surface area contributed by atoms with E-state index in [9.17, 15) is 15.1 Å². The number of nitrogens with zero attached hydrogens (tertiary/aromatic N) is 3. The van der Waals surface area contributed by atoms with Crippen LogP contribution in [0.4, 0.5) is 0 Å². The second kappa shape index (κ2) is 27.9. The summed E-state index contributed by atoms with van der Waals surface area (Å²) in [5, 5.41) is 6.29. The van der Waals surface area contributed by atoms with Crippen LogP contribution in [-0.4, -0.2) is 125 Å². The molecule has 0 N–H and O–H groups in total. The molecule has 2 aromatic rings. The van der Waals surface area contributed by atoms with Gasteiger partial charge in [-0.2, -0.15) is 19.2 Å². The number of azide groups is 1. The van der Waals surface area contributed by atoms with Crippen LogP contribution in [0.2, 0.25) is 5.04 Å². The van der Waals surface area contributed by atoms with Crippen molar-refractivity contribution < 1.29 is 75.8 Å². The van der Waals surface area contributed by atoms with Crippen molar-refractivity contribution in [3.8, 4) is 0 Å². The molecule has 4 fully saturated rings. The van der Waals surface area contributed by atoms with E-state index in [0.717, 1.165) is 10.4 Å². The van der Waals surface area contributed by atoms with Gasteiger partial charge < -0.3 is 47.1 Å². The smallest absolute Gasteiger partial charge is 0.373 e. The monoisotopic (exact) mass is 1050 g/mol. The summed E-state index contributed by atoms with van der Waals surface area (Å²) in [5.74, 6) is -1.90. The molecule has 0 amide bonds. The average molecular weight is 1050 g/mol. The van der Waals surface area contributed by atoms with Gasteiger partial charge in [0.25, 0.3) is 8.32 Å². The highest BCUT2D eigenvalue weighted by molar-refractivity contribution is 6.99. The van der Waals surface area contributed by atoms with E-state index in [2.05, 4.69) is 100 Å². The van der Waals surface area contributed by atoms with Gasteiger partial charge in [0.05, 0.1) is 49.3 Å². The first kappa shape index (κ1) is 61.9. The van der Waals surface area contributed by atoms with Crippen molar-refractivity contribution in [2.45, 2.75) is 201 Å². The molecule has 0 spiro atoms. The molecule has 4 aliphatic rings. The van der Waals surface area contributed by atoms with Crippen LogP contribution in [0.25, 0.3) is 10.4 Å². The summed E-state index contributed by atoms with van der Waals surface area (Å²) in [6.45, 7) is 29.8. The molecule has 4 heterocycles. The first-order valence-electron chi connectivity index (χ1n) is 25.7. The fourth-order valence-corrected chi connectivity index (χ4v) is 15.5. The molecule has 0 saturated carbocycles. The largest absolute Gasteiger partial charge is 0.459 e. The molecule has 0 bridgehead atoms. The van der Waals surface area contributed by atoms with Gasteiger partial charge in [-0.1, -0.05) is 135 Å². The van der Waals surface area contributed by atoms with Crippen molar-refractivity contribution in [3.63, 3.8) is 0 Å². The third-order valence-corrected chi connectivity index (χ3v) is 20.5. The maximum absolute atomic E-state index is 12.9. The quantitative estimate of drug-likeness (QED) is 0.0557. The lowest BCUT2D eigenvalue weighted by molar-refractivity contribution is -0.357. The lowest BCUT2D eigenvalue weighted by Gasteiger charge is -2.51. The van der Waals surface area contributed by atoms with Crippen molar-refractivity contribution >= 4 is 42.9 Å². The van der Waals surface area contributed by atoms with Crippen molar-refractivity contribution in [2.75, 3.05) is 6.61 Å². The van der Waals surface area contributed by atoms with Crippen LogP contribution in [0, 0.1) is 35.5 Å². The molecule has 20 atom stereocenters. The molecule has 4 aliphatic heterocycles.